The van der Waals surface area contributed by atoms with Crippen molar-refractivity contribution in [3.63, 3.8) is 0 Å². The van der Waals surface area contributed by atoms with Crippen LogP contribution in [0, 0.1) is 18.8 Å². The molecule has 0 aliphatic carbocycles. The number of aryl methyl sites for hydroxylation is 1. The van der Waals surface area contributed by atoms with Gasteiger partial charge in [0.25, 0.3) is 0 Å². The number of aliphatic hydroxyl groups excluding tert-OH is 1. The predicted octanol–water partition coefficient (Wildman–Crippen LogP) is 2.88. The van der Waals surface area contributed by atoms with Crippen LogP contribution in [-0.4, -0.2) is 29.0 Å². The largest absolute Gasteiger partial charge is 0.495 e. The summed E-state index contributed by atoms with van der Waals surface area (Å²) < 4.78 is 6.27. The van der Waals surface area contributed by atoms with Gasteiger partial charge in [0.05, 0.1) is 19.3 Å². The Morgan fingerprint density at radius 1 is 1.38 bits per heavy atom. The third-order valence-corrected chi connectivity index (χ3v) is 4.64. The van der Waals surface area contributed by atoms with E-state index in [1.54, 1.807) is 30.2 Å². The van der Waals surface area contributed by atoms with Gasteiger partial charge in [-0.15, -0.1) is 10.2 Å². The van der Waals surface area contributed by atoms with Crippen molar-refractivity contribution in [2.75, 3.05) is 13.7 Å². The highest BCUT2D eigenvalue weighted by atomic mass is 32.2. The zero-order valence-electron chi connectivity index (χ0n) is 11.9. The van der Waals surface area contributed by atoms with Gasteiger partial charge in [-0.3, -0.25) is 0 Å². The lowest BCUT2D eigenvalue weighted by atomic mass is 10.1. The Morgan fingerprint density at radius 3 is 2.90 bits per heavy atom. The number of methoxy groups -OCH3 is 1. The Kier molecular flexibility index (Phi) is 6.05. The van der Waals surface area contributed by atoms with Crippen LogP contribution in [-0.2, 0) is 5.75 Å². The Labute approximate surface area is 132 Å². The van der Waals surface area contributed by atoms with Crippen LogP contribution in [0.5, 0.6) is 5.75 Å². The lowest BCUT2D eigenvalue weighted by Gasteiger charge is -2.06. The minimum Gasteiger partial charge on any atom is -0.495 e. The van der Waals surface area contributed by atoms with Crippen molar-refractivity contribution < 1.29 is 9.84 Å². The zero-order chi connectivity index (χ0) is 15.1. The van der Waals surface area contributed by atoms with E-state index >= 15 is 0 Å². The number of aromatic nitrogens is 2. The molecule has 2 rings (SSSR count). The molecule has 0 bridgehead atoms. The lowest BCUT2D eigenvalue weighted by Crippen LogP contribution is -1.90. The smallest absolute Gasteiger partial charge is 0.174 e. The van der Waals surface area contributed by atoms with E-state index in [1.165, 1.54) is 0 Å². The van der Waals surface area contributed by atoms with Gasteiger partial charge in [0, 0.05) is 12.2 Å². The van der Waals surface area contributed by atoms with Gasteiger partial charge in [-0.05, 0) is 24.6 Å². The van der Waals surface area contributed by atoms with Gasteiger partial charge in [-0.25, -0.2) is 0 Å². The molecule has 0 aliphatic heterocycles. The fraction of sp³-hybridized carbons (Fsp3) is 0.333. The molecule has 0 spiro atoms. The Hall–Kier alpha value is -1.55. The summed E-state index contributed by atoms with van der Waals surface area (Å²) in [5.74, 6) is 7.53. The molecular weight excluding hydrogens is 304 g/mol. The molecule has 6 heteroatoms. The second kappa shape index (κ2) is 8.03. The van der Waals surface area contributed by atoms with Crippen molar-refractivity contribution in [1.82, 2.24) is 10.2 Å². The van der Waals surface area contributed by atoms with Gasteiger partial charge in [-0.2, -0.15) is 0 Å². The van der Waals surface area contributed by atoms with E-state index in [2.05, 4.69) is 22.0 Å². The Morgan fingerprint density at radius 2 is 2.24 bits per heavy atom. The molecule has 0 aliphatic rings. The van der Waals surface area contributed by atoms with Gasteiger partial charge >= 0.3 is 0 Å². The second-order valence-electron chi connectivity index (χ2n) is 4.19. The summed E-state index contributed by atoms with van der Waals surface area (Å²) in [6, 6.07) is 5.96. The van der Waals surface area contributed by atoms with E-state index < -0.39 is 0 Å². The second-order valence-corrected chi connectivity index (χ2v) is 6.59. The van der Waals surface area contributed by atoms with E-state index in [0.717, 1.165) is 32.0 Å². The molecule has 0 saturated carbocycles. The van der Waals surface area contributed by atoms with Gasteiger partial charge in [0.1, 0.15) is 10.8 Å². The molecule has 0 saturated heterocycles. The topological polar surface area (TPSA) is 55.2 Å². The predicted molar refractivity (Wildman–Crippen MR) is 85.8 cm³/mol. The summed E-state index contributed by atoms with van der Waals surface area (Å²) in [7, 11) is 1.63. The molecule has 2 aromatic rings. The number of nitrogens with zero attached hydrogens (tertiary/aromatic N) is 2. The number of aliphatic hydroxyl groups is 1. The molecule has 21 heavy (non-hydrogen) atoms. The first-order valence-electron chi connectivity index (χ1n) is 6.42. The fourth-order valence-corrected chi connectivity index (χ4v) is 3.40. The number of ether oxygens (including phenoxy) is 1. The molecule has 110 valence electrons. The molecule has 4 nitrogen and oxygen atoms in total. The maximum absolute atomic E-state index is 8.79. The first kappa shape index (κ1) is 15.8. The lowest BCUT2D eigenvalue weighted by molar-refractivity contribution is 0.305. The van der Waals surface area contributed by atoms with Crippen LogP contribution in [0.4, 0.5) is 0 Å². The first-order valence-corrected chi connectivity index (χ1v) is 8.22. The molecular formula is C15H16N2O2S2. The average molecular weight is 320 g/mol. The van der Waals surface area contributed by atoms with Crippen LogP contribution >= 0.6 is 23.1 Å². The number of thioether (sulfide) groups is 1. The van der Waals surface area contributed by atoms with Crippen molar-refractivity contribution >= 4 is 23.1 Å². The summed E-state index contributed by atoms with van der Waals surface area (Å²) in [4.78, 5) is 0. The molecule has 0 atom stereocenters. The maximum Gasteiger partial charge on any atom is 0.174 e. The van der Waals surface area contributed by atoms with E-state index in [0.29, 0.717) is 6.42 Å². The van der Waals surface area contributed by atoms with Crippen molar-refractivity contribution in [3.05, 3.63) is 34.3 Å². The third-order valence-electron chi connectivity index (χ3n) is 2.59. The average Bonchev–Trinajstić information content (AvgIpc) is 2.91. The summed E-state index contributed by atoms with van der Waals surface area (Å²) in [6.07, 6.45) is 0.464. The maximum atomic E-state index is 8.79. The first-order chi connectivity index (χ1) is 10.2. The fourth-order valence-electron chi connectivity index (χ4n) is 1.64. The van der Waals surface area contributed by atoms with Crippen LogP contribution < -0.4 is 4.74 Å². The van der Waals surface area contributed by atoms with Gasteiger partial charge < -0.3 is 9.84 Å². The van der Waals surface area contributed by atoms with E-state index in [-0.39, 0.29) is 6.61 Å². The molecule has 1 aromatic heterocycles. The number of hydrogen-bond acceptors (Lipinski definition) is 6. The molecule has 0 fully saturated rings. The number of benzene rings is 1. The SMILES string of the molecule is COc1ccc(CSc2nnc(C)s2)cc1C#CCCO. The molecule has 0 unspecified atom stereocenters. The summed E-state index contributed by atoms with van der Waals surface area (Å²) in [5, 5.41) is 17.9. The number of hydrogen-bond donors (Lipinski definition) is 1. The van der Waals surface area contributed by atoms with Gasteiger partial charge in [0.2, 0.25) is 0 Å². The van der Waals surface area contributed by atoms with E-state index in [4.69, 9.17) is 9.84 Å². The highest BCUT2D eigenvalue weighted by molar-refractivity contribution is 8.00. The van der Waals surface area contributed by atoms with Crippen molar-refractivity contribution in [3.8, 4) is 17.6 Å². The zero-order valence-corrected chi connectivity index (χ0v) is 13.6. The van der Waals surface area contributed by atoms with Crippen molar-refractivity contribution in [2.45, 2.75) is 23.4 Å². The van der Waals surface area contributed by atoms with Crippen LogP contribution in [0.15, 0.2) is 22.5 Å². The number of rotatable bonds is 5. The minimum absolute atomic E-state index is 0.0707. The standard InChI is InChI=1S/C15H16N2O2S2/c1-11-16-17-15(21-11)20-10-12-6-7-14(19-2)13(9-12)5-3-4-8-18/h6-7,9,18H,4,8,10H2,1-2H3. The molecule has 1 heterocycles. The highest BCUT2D eigenvalue weighted by Crippen LogP contribution is 2.27. The molecule has 0 amide bonds. The van der Waals surface area contributed by atoms with E-state index in [1.807, 2.05) is 25.1 Å². The highest BCUT2D eigenvalue weighted by Gasteiger charge is 2.05. The summed E-state index contributed by atoms with van der Waals surface area (Å²) in [5.41, 5.74) is 2.00. The summed E-state index contributed by atoms with van der Waals surface area (Å²) in [6.45, 7) is 2.02. The molecule has 0 radical (unpaired) electrons. The molecule has 1 N–H and O–H groups in total. The van der Waals surface area contributed by atoms with Crippen LogP contribution in [0.2, 0.25) is 0 Å². The quantitative estimate of drug-likeness (QED) is 0.678. The van der Waals surface area contributed by atoms with Gasteiger partial charge in [-0.1, -0.05) is 41.0 Å². The third kappa shape index (κ3) is 4.74. The van der Waals surface area contributed by atoms with Crippen molar-refractivity contribution in [1.29, 1.82) is 0 Å². The normalized spacial score (nSPS) is 10.0. The minimum atomic E-state index is 0.0707. The van der Waals surface area contributed by atoms with Crippen LogP contribution in [0.1, 0.15) is 22.6 Å². The Bertz CT molecular complexity index is 659. The monoisotopic (exact) mass is 320 g/mol. The summed E-state index contributed by atoms with van der Waals surface area (Å²) >= 11 is 3.26. The van der Waals surface area contributed by atoms with E-state index in [9.17, 15) is 0 Å². The van der Waals surface area contributed by atoms with Gasteiger partial charge in [0.15, 0.2) is 4.34 Å². The molecule has 1 aromatic carbocycles. The van der Waals surface area contributed by atoms with Crippen LogP contribution in [0.3, 0.4) is 0 Å². The van der Waals surface area contributed by atoms with Crippen molar-refractivity contribution in [2.24, 2.45) is 0 Å². The van der Waals surface area contributed by atoms with Crippen LogP contribution in [0.25, 0.3) is 0 Å². The Balaban J connectivity index is 2.10.